The summed E-state index contributed by atoms with van der Waals surface area (Å²) in [5.74, 6) is 0.544. The zero-order chi connectivity index (χ0) is 6.15. The van der Waals surface area contributed by atoms with Crippen LogP contribution in [0.2, 0.25) is 0 Å². The van der Waals surface area contributed by atoms with E-state index in [1.807, 2.05) is 13.0 Å². The summed E-state index contributed by atoms with van der Waals surface area (Å²) in [6.07, 6.45) is 1.86. The van der Waals surface area contributed by atoms with E-state index < -0.39 is 0 Å². The maximum atomic E-state index is 5.37. The second-order valence-corrected chi connectivity index (χ2v) is 1.81. The minimum Gasteiger partial charge on any atom is -0.383 e. The number of nitrogens with two attached hydrogens (primary N) is 1. The van der Waals surface area contributed by atoms with Gasteiger partial charge in [-0.3, -0.25) is 0 Å². The molecule has 0 aromatic carbocycles. The van der Waals surface area contributed by atoms with Gasteiger partial charge in [0.25, 0.3) is 0 Å². The summed E-state index contributed by atoms with van der Waals surface area (Å²) in [7, 11) is 0. The molecule has 2 N–H and O–H groups in total. The molecule has 0 atom stereocenters. The first kappa shape index (κ1) is 5.09. The van der Waals surface area contributed by atoms with Crippen molar-refractivity contribution in [1.29, 1.82) is 0 Å². The van der Waals surface area contributed by atoms with Crippen molar-refractivity contribution in [2.24, 2.45) is 10.7 Å². The quantitative estimate of drug-likeness (QED) is 0.490. The van der Waals surface area contributed by atoms with Gasteiger partial charge in [0.2, 0.25) is 0 Å². The van der Waals surface area contributed by atoms with E-state index in [0.717, 1.165) is 11.3 Å². The molecule has 0 unspecified atom stereocenters. The summed E-state index contributed by atoms with van der Waals surface area (Å²) in [5, 5.41) is 0. The van der Waals surface area contributed by atoms with E-state index in [0.29, 0.717) is 5.84 Å². The number of hydrogen-bond acceptors (Lipinski definition) is 2. The fourth-order valence-electron chi connectivity index (χ4n) is 0.620. The Morgan fingerprint density at radius 1 is 1.75 bits per heavy atom. The molecule has 0 aliphatic carbocycles. The first-order valence-corrected chi connectivity index (χ1v) is 2.42. The molecule has 1 rings (SSSR count). The molecule has 2 heteroatoms. The van der Waals surface area contributed by atoms with Gasteiger partial charge in [-0.1, -0.05) is 6.58 Å². The van der Waals surface area contributed by atoms with Crippen LogP contribution in [0.1, 0.15) is 6.92 Å². The van der Waals surface area contributed by atoms with Gasteiger partial charge < -0.3 is 5.73 Å². The van der Waals surface area contributed by atoms with Gasteiger partial charge in [0.05, 0.1) is 0 Å². The highest BCUT2D eigenvalue weighted by Crippen LogP contribution is 2.09. The standard InChI is InChI=1S/C6H8N2/c1-4-3-5(2)8-6(4)7/h3H,1H2,2H3,(H2,7,8). The third kappa shape index (κ3) is 0.644. The van der Waals surface area contributed by atoms with Crippen molar-refractivity contribution < 1.29 is 0 Å². The van der Waals surface area contributed by atoms with Gasteiger partial charge in [0.15, 0.2) is 0 Å². The van der Waals surface area contributed by atoms with Crippen LogP contribution in [0.3, 0.4) is 0 Å². The average molecular weight is 108 g/mol. The Labute approximate surface area is 48.4 Å². The average Bonchev–Trinajstić information content (AvgIpc) is 1.85. The van der Waals surface area contributed by atoms with Crippen LogP contribution < -0.4 is 5.73 Å². The molecule has 0 radical (unpaired) electrons. The van der Waals surface area contributed by atoms with E-state index in [-0.39, 0.29) is 0 Å². The molecule has 0 aromatic rings. The summed E-state index contributed by atoms with van der Waals surface area (Å²) in [5.41, 5.74) is 7.13. The zero-order valence-corrected chi connectivity index (χ0v) is 4.81. The second kappa shape index (κ2) is 1.47. The first-order chi connectivity index (χ1) is 3.70. The highest BCUT2D eigenvalue weighted by molar-refractivity contribution is 6.01. The zero-order valence-electron chi connectivity index (χ0n) is 4.81. The van der Waals surface area contributed by atoms with E-state index in [4.69, 9.17) is 5.73 Å². The lowest BCUT2D eigenvalue weighted by molar-refractivity contribution is 1.33. The van der Waals surface area contributed by atoms with Crippen LogP contribution >= 0.6 is 0 Å². The van der Waals surface area contributed by atoms with Crippen molar-refractivity contribution in [3.63, 3.8) is 0 Å². The van der Waals surface area contributed by atoms with Crippen molar-refractivity contribution in [1.82, 2.24) is 0 Å². The highest BCUT2D eigenvalue weighted by Gasteiger charge is 2.02. The molecule has 42 valence electrons. The van der Waals surface area contributed by atoms with Gasteiger partial charge >= 0.3 is 0 Å². The molecular formula is C6H8N2. The van der Waals surface area contributed by atoms with E-state index in [1.54, 1.807) is 0 Å². The third-order valence-corrected chi connectivity index (χ3v) is 1.01. The number of amidine groups is 1. The summed E-state index contributed by atoms with van der Waals surface area (Å²) in [6.45, 7) is 5.55. The molecule has 0 bridgehead atoms. The van der Waals surface area contributed by atoms with Crippen LogP contribution in [0, 0.1) is 0 Å². The second-order valence-electron chi connectivity index (χ2n) is 1.81. The van der Waals surface area contributed by atoms with Crippen molar-refractivity contribution in [3.05, 3.63) is 23.9 Å². The smallest absolute Gasteiger partial charge is 0.130 e. The molecule has 1 aliphatic rings. The maximum Gasteiger partial charge on any atom is 0.130 e. The highest BCUT2D eigenvalue weighted by atomic mass is 14.9. The molecule has 0 saturated carbocycles. The lowest BCUT2D eigenvalue weighted by Gasteiger charge is -1.85. The Kier molecular flexibility index (Phi) is 0.938. The summed E-state index contributed by atoms with van der Waals surface area (Å²) < 4.78 is 0. The SMILES string of the molecule is C=C1C=C(C)N=C1N. The Morgan fingerprint density at radius 2 is 2.38 bits per heavy atom. The van der Waals surface area contributed by atoms with Crippen molar-refractivity contribution >= 4 is 5.84 Å². The maximum absolute atomic E-state index is 5.37. The molecule has 1 heterocycles. The van der Waals surface area contributed by atoms with Crippen molar-refractivity contribution in [2.45, 2.75) is 6.92 Å². The predicted octanol–water partition coefficient (Wildman–Crippen LogP) is 0.817. The van der Waals surface area contributed by atoms with Crippen LogP contribution in [-0.2, 0) is 0 Å². The predicted molar refractivity (Wildman–Crippen MR) is 34.5 cm³/mol. The number of aliphatic imine (C=N–C) groups is 1. The fourth-order valence-corrected chi connectivity index (χ4v) is 0.620. The lowest BCUT2D eigenvalue weighted by atomic mass is 10.3. The molecule has 0 saturated heterocycles. The normalized spacial score (nSPS) is 18.4. The van der Waals surface area contributed by atoms with Gasteiger partial charge in [0, 0.05) is 11.3 Å². The lowest BCUT2D eigenvalue weighted by Crippen LogP contribution is -2.08. The van der Waals surface area contributed by atoms with Crippen LogP contribution in [0.15, 0.2) is 28.9 Å². The number of nitrogens with zero attached hydrogens (tertiary/aromatic N) is 1. The molecule has 0 aromatic heterocycles. The Bertz CT molecular complexity index is 184. The topological polar surface area (TPSA) is 38.4 Å². The minimum absolute atomic E-state index is 0.544. The molecule has 0 fully saturated rings. The monoisotopic (exact) mass is 108 g/mol. The molecule has 8 heavy (non-hydrogen) atoms. The van der Waals surface area contributed by atoms with Gasteiger partial charge in [-0.05, 0) is 13.0 Å². The molecular weight excluding hydrogens is 100 g/mol. The van der Waals surface area contributed by atoms with Crippen LogP contribution in [0.4, 0.5) is 0 Å². The van der Waals surface area contributed by atoms with E-state index in [2.05, 4.69) is 11.6 Å². The Morgan fingerprint density at radius 3 is 2.50 bits per heavy atom. The van der Waals surface area contributed by atoms with E-state index in [9.17, 15) is 0 Å². The van der Waals surface area contributed by atoms with Crippen LogP contribution in [0.5, 0.6) is 0 Å². The summed E-state index contributed by atoms with van der Waals surface area (Å²) in [6, 6.07) is 0. The fraction of sp³-hybridized carbons (Fsp3) is 0.167. The minimum atomic E-state index is 0.544. The van der Waals surface area contributed by atoms with Crippen molar-refractivity contribution in [2.75, 3.05) is 0 Å². The van der Waals surface area contributed by atoms with Crippen molar-refractivity contribution in [3.8, 4) is 0 Å². The number of hydrogen-bond donors (Lipinski definition) is 1. The first-order valence-electron chi connectivity index (χ1n) is 2.42. The molecule has 1 aliphatic heterocycles. The van der Waals surface area contributed by atoms with Crippen LogP contribution in [0.25, 0.3) is 0 Å². The summed E-state index contributed by atoms with van der Waals surface area (Å²) >= 11 is 0. The molecule has 0 amide bonds. The Balaban J connectivity index is 2.95. The van der Waals surface area contributed by atoms with E-state index >= 15 is 0 Å². The van der Waals surface area contributed by atoms with Gasteiger partial charge in [-0.25, -0.2) is 4.99 Å². The van der Waals surface area contributed by atoms with Crippen LogP contribution in [-0.4, -0.2) is 5.84 Å². The Hall–Kier alpha value is -1.05. The van der Waals surface area contributed by atoms with Gasteiger partial charge in [-0.15, -0.1) is 0 Å². The molecule has 0 spiro atoms. The number of allylic oxidation sites excluding steroid dienone is 1. The van der Waals surface area contributed by atoms with Gasteiger partial charge in [-0.2, -0.15) is 0 Å². The largest absolute Gasteiger partial charge is 0.383 e. The third-order valence-electron chi connectivity index (χ3n) is 1.01. The summed E-state index contributed by atoms with van der Waals surface area (Å²) in [4.78, 5) is 3.93. The molecule has 2 nitrogen and oxygen atoms in total. The number of rotatable bonds is 0. The van der Waals surface area contributed by atoms with E-state index in [1.165, 1.54) is 0 Å². The van der Waals surface area contributed by atoms with Gasteiger partial charge in [0.1, 0.15) is 5.84 Å².